The van der Waals surface area contributed by atoms with E-state index >= 15 is 0 Å². The van der Waals surface area contributed by atoms with E-state index in [1.54, 1.807) is 0 Å². The van der Waals surface area contributed by atoms with Gasteiger partial charge in [-0.1, -0.05) is 97.1 Å². The molecule has 0 atom stereocenters. The summed E-state index contributed by atoms with van der Waals surface area (Å²) in [5.74, 6) is 0. The molecule has 210 valence electrons. The van der Waals surface area contributed by atoms with Crippen LogP contribution in [-0.4, -0.2) is 9.13 Å². The highest BCUT2D eigenvalue weighted by Gasteiger charge is 2.19. The smallest absolute Gasteiger partial charge is 0.137 e. The molecule has 0 N–H and O–H groups in total. The van der Waals surface area contributed by atoms with E-state index in [0.717, 1.165) is 33.3 Å². The van der Waals surface area contributed by atoms with Gasteiger partial charge in [-0.15, -0.1) is 0 Å². The molecule has 0 aliphatic rings. The van der Waals surface area contributed by atoms with Crippen LogP contribution in [0.1, 0.15) is 0 Å². The third kappa shape index (κ3) is 3.46. The summed E-state index contributed by atoms with van der Waals surface area (Å²) in [4.78, 5) is 0. The van der Waals surface area contributed by atoms with Crippen LogP contribution in [0.15, 0.2) is 162 Å². The molecule has 0 saturated carbocycles. The van der Waals surface area contributed by atoms with Crippen LogP contribution < -0.4 is 0 Å². The summed E-state index contributed by atoms with van der Waals surface area (Å²) in [5, 5.41) is 7.21. The molecule has 0 bridgehead atoms. The Hall–Kier alpha value is -6.06. The molecule has 0 spiro atoms. The number of nitrogens with zero attached hydrogens (tertiary/aromatic N) is 2. The van der Waals surface area contributed by atoms with Crippen molar-refractivity contribution in [2.45, 2.75) is 0 Å². The first-order chi connectivity index (χ1) is 22.3. The number of benzene rings is 7. The van der Waals surface area contributed by atoms with Crippen molar-refractivity contribution in [1.29, 1.82) is 0 Å². The molecule has 10 aromatic rings. The Morgan fingerprint density at radius 3 is 1.71 bits per heavy atom. The molecule has 3 heteroatoms. The predicted molar refractivity (Wildman–Crippen MR) is 188 cm³/mol. The zero-order chi connectivity index (χ0) is 29.5. The molecular formula is C42H26N2O. The highest BCUT2D eigenvalue weighted by Crippen LogP contribution is 2.41. The molecular weight excluding hydrogens is 548 g/mol. The highest BCUT2D eigenvalue weighted by molar-refractivity contribution is 6.15. The summed E-state index contributed by atoms with van der Waals surface area (Å²) in [6.07, 6.45) is 0. The molecule has 3 nitrogen and oxygen atoms in total. The summed E-state index contributed by atoms with van der Waals surface area (Å²) in [5.41, 5.74) is 11.2. The predicted octanol–water partition coefficient (Wildman–Crippen LogP) is 11.4. The first-order valence-corrected chi connectivity index (χ1v) is 15.4. The Bertz CT molecular complexity index is 2710. The zero-order valence-corrected chi connectivity index (χ0v) is 24.3. The minimum atomic E-state index is 0.883. The molecule has 10 rings (SSSR count). The lowest BCUT2D eigenvalue weighted by Gasteiger charge is -2.11. The fourth-order valence-electron chi connectivity index (χ4n) is 7.36. The van der Waals surface area contributed by atoms with E-state index in [2.05, 4.69) is 167 Å². The molecule has 0 radical (unpaired) electrons. The number of fused-ring (bicyclic) bond motifs is 9. The largest absolute Gasteiger partial charge is 0.456 e. The maximum absolute atomic E-state index is 6.52. The van der Waals surface area contributed by atoms with Crippen LogP contribution in [0.3, 0.4) is 0 Å². The Morgan fingerprint density at radius 1 is 0.356 bits per heavy atom. The van der Waals surface area contributed by atoms with Gasteiger partial charge >= 0.3 is 0 Å². The Balaban J connectivity index is 1.27. The Labute approximate surface area is 258 Å². The van der Waals surface area contributed by atoms with Crippen LogP contribution in [0.5, 0.6) is 0 Å². The fraction of sp³-hybridized carbons (Fsp3) is 0. The standard InChI is InChI=1S/C42H26N2O/c1-2-11-27(12-3-1)28-21-23-38-33(25-28)32-15-6-9-18-37(32)44(38)39-19-10-20-41-42(39)34-26-29(22-24-40(34)45-41)43-35-16-7-4-13-30(35)31-14-5-8-17-36(31)43/h1-26H. The van der Waals surface area contributed by atoms with Gasteiger partial charge in [-0.25, -0.2) is 0 Å². The molecule has 0 saturated heterocycles. The molecule has 0 fully saturated rings. The van der Waals surface area contributed by atoms with Crippen molar-refractivity contribution in [2.75, 3.05) is 0 Å². The molecule has 45 heavy (non-hydrogen) atoms. The minimum Gasteiger partial charge on any atom is -0.456 e. The van der Waals surface area contributed by atoms with E-state index in [0.29, 0.717) is 0 Å². The lowest BCUT2D eigenvalue weighted by Crippen LogP contribution is -1.95. The van der Waals surface area contributed by atoms with Crippen molar-refractivity contribution in [2.24, 2.45) is 0 Å². The van der Waals surface area contributed by atoms with Crippen molar-refractivity contribution in [3.63, 3.8) is 0 Å². The molecule has 3 heterocycles. The zero-order valence-electron chi connectivity index (χ0n) is 24.3. The first kappa shape index (κ1) is 24.4. The van der Waals surface area contributed by atoms with E-state index < -0.39 is 0 Å². The third-order valence-electron chi connectivity index (χ3n) is 9.32. The maximum atomic E-state index is 6.52. The molecule has 0 amide bonds. The number of aromatic nitrogens is 2. The van der Waals surface area contributed by atoms with Gasteiger partial charge in [0.05, 0.1) is 33.1 Å². The molecule has 7 aromatic carbocycles. The monoisotopic (exact) mass is 574 g/mol. The number of hydrogen-bond acceptors (Lipinski definition) is 1. The van der Waals surface area contributed by atoms with E-state index in [4.69, 9.17) is 4.42 Å². The number of rotatable bonds is 3. The van der Waals surface area contributed by atoms with Gasteiger partial charge in [0, 0.05) is 32.6 Å². The van der Waals surface area contributed by atoms with Crippen LogP contribution in [0.25, 0.3) is 88.1 Å². The van der Waals surface area contributed by atoms with Crippen LogP contribution >= 0.6 is 0 Å². The average molecular weight is 575 g/mol. The second-order valence-electron chi connectivity index (χ2n) is 11.8. The quantitative estimate of drug-likeness (QED) is 0.206. The lowest BCUT2D eigenvalue weighted by atomic mass is 10.0. The van der Waals surface area contributed by atoms with Gasteiger partial charge in [0.25, 0.3) is 0 Å². The van der Waals surface area contributed by atoms with Crippen LogP contribution in [0, 0.1) is 0 Å². The van der Waals surface area contributed by atoms with Crippen molar-refractivity contribution in [1.82, 2.24) is 9.13 Å². The van der Waals surface area contributed by atoms with Gasteiger partial charge < -0.3 is 13.6 Å². The summed E-state index contributed by atoms with van der Waals surface area (Å²) >= 11 is 0. The van der Waals surface area contributed by atoms with Crippen LogP contribution in [0.4, 0.5) is 0 Å². The van der Waals surface area contributed by atoms with Gasteiger partial charge in [0.15, 0.2) is 0 Å². The first-order valence-electron chi connectivity index (χ1n) is 15.4. The molecule has 3 aromatic heterocycles. The third-order valence-corrected chi connectivity index (χ3v) is 9.32. The second-order valence-corrected chi connectivity index (χ2v) is 11.8. The van der Waals surface area contributed by atoms with Crippen molar-refractivity contribution >= 4 is 65.6 Å². The Kier molecular flexibility index (Phi) is 5.00. The molecule has 0 aliphatic heterocycles. The fourth-order valence-corrected chi connectivity index (χ4v) is 7.36. The number of para-hydroxylation sites is 3. The Morgan fingerprint density at radius 2 is 0.978 bits per heavy atom. The second kappa shape index (κ2) is 9.22. The highest BCUT2D eigenvalue weighted by atomic mass is 16.3. The van der Waals surface area contributed by atoms with Crippen molar-refractivity contribution in [3.05, 3.63) is 158 Å². The van der Waals surface area contributed by atoms with Crippen LogP contribution in [0.2, 0.25) is 0 Å². The van der Waals surface area contributed by atoms with Gasteiger partial charge in [0.1, 0.15) is 11.2 Å². The van der Waals surface area contributed by atoms with E-state index in [-0.39, 0.29) is 0 Å². The van der Waals surface area contributed by atoms with Gasteiger partial charge in [-0.3, -0.25) is 0 Å². The summed E-state index contributed by atoms with van der Waals surface area (Å²) in [6.45, 7) is 0. The van der Waals surface area contributed by atoms with Crippen LogP contribution in [-0.2, 0) is 0 Å². The molecule has 0 aliphatic carbocycles. The normalized spacial score (nSPS) is 12.0. The molecule has 0 unspecified atom stereocenters. The SMILES string of the molecule is c1ccc(-c2ccc3c(c2)c2ccccc2n3-c2cccc3oc4ccc(-n5c6ccccc6c6ccccc65)cc4c23)cc1. The topological polar surface area (TPSA) is 23.0 Å². The van der Waals surface area contributed by atoms with Gasteiger partial charge in [-0.2, -0.15) is 0 Å². The van der Waals surface area contributed by atoms with Gasteiger partial charge in [-0.05, 0) is 71.8 Å². The van der Waals surface area contributed by atoms with E-state index in [1.165, 1.54) is 54.7 Å². The summed E-state index contributed by atoms with van der Waals surface area (Å²) < 4.78 is 11.3. The maximum Gasteiger partial charge on any atom is 0.137 e. The van der Waals surface area contributed by atoms with E-state index in [1.807, 2.05) is 0 Å². The van der Waals surface area contributed by atoms with E-state index in [9.17, 15) is 0 Å². The lowest BCUT2D eigenvalue weighted by molar-refractivity contribution is 0.669. The van der Waals surface area contributed by atoms with Crippen molar-refractivity contribution < 1.29 is 4.42 Å². The average Bonchev–Trinajstić information content (AvgIpc) is 3.76. The summed E-state index contributed by atoms with van der Waals surface area (Å²) in [7, 11) is 0. The number of furan rings is 1. The summed E-state index contributed by atoms with van der Waals surface area (Å²) in [6, 6.07) is 56.5. The van der Waals surface area contributed by atoms with Crippen molar-refractivity contribution in [3.8, 4) is 22.5 Å². The minimum absolute atomic E-state index is 0.883. The number of hydrogen-bond donors (Lipinski definition) is 0. The van der Waals surface area contributed by atoms with Gasteiger partial charge in [0.2, 0.25) is 0 Å².